The normalized spacial score (nSPS) is 12.3. The largest absolute Gasteiger partial charge is 0.0654 e. The molecule has 0 spiro atoms. The van der Waals surface area contributed by atoms with Crippen molar-refractivity contribution in [3.63, 3.8) is 0 Å². The van der Waals surface area contributed by atoms with Crippen LogP contribution in [0.5, 0.6) is 0 Å². The smallest absolute Gasteiger partial charge is 0.0414 e. The lowest BCUT2D eigenvalue weighted by Crippen LogP contribution is -1.99. The van der Waals surface area contributed by atoms with Gasteiger partial charge in [0.05, 0.1) is 0 Å². The van der Waals surface area contributed by atoms with Crippen molar-refractivity contribution in [2.45, 2.75) is 322 Å². The van der Waals surface area contributed by atoms with Gasteiger partial charge in [0.15, 0.2) is 0 Å². The molecule has 1 unspecified atom stereocenters. The van der Waals surface area contributed by atoms with Gasteiger partial charge in [-0.05, 0) is 5.92 Å². The summed E-state index contributed by atoms with van der Waals surface area (Å²) in [6.45, 7) is 8.93. The quantitative estimate of drug-likeness (QED) is 0.0547. The predicted molar refractivity (Wildman–Crippen MR) is 242 cm³/mol. The van der Waals surface area contributed by atoms with Gasteiger partial charge in [-0.15, -0.1) is 0 Å². The van der Waals surface area contributed by atoms with Gasteiger partial charge in [-0.3, -0.25) is 0 Å². The third-order valence-electron chi connectivity index (χ3n) is 12.6. The fourth-order valence-electron chi connectivity index (χ4n) is 8.69. The van der Waals surface area contributed by atoms with Crippen LogP contribution in [0, 0.1) is 12.8 Å². The molecule has 0 nitrogen and oxygen atoms in total. The molecule has 52 heavy (non-hydrogen) atoms. The molecule has 1 radical (unpaired) electrons. The van der Waals surface area contributed by atoms with E-state index in [0.29, 0.717) is 0 Å². The maximum Gasteiger partial charge on any atom is -0.0414 e. The fraction of sp³-hybridized carbons (Fsp3) is 0.981. The lowest BCUT2D eigenvalue weighted by atomic mass is 9.92. The Labute approximate surface area is 333 Å². The molecular formula is C52H105. The standard InChI is InChI=1S/C52H105/c1-4-7-9-11-13-15-17-19-21-23-25-27-29-31-33-35-37-39-41-43-45-47-49-51-52(6-3)50-48-46-44-42-40-38-36-34-32-30-28-26-24-22-20-18-16-14-12-10-8-5-2/h52H,3-51H2,1-2H3. The van der Waals surface area contributed by atoms with Gasteiger partial charge in [0.2, 0.25) is 0 Å². The highest BCUT2D eigenvalue weighted by atomic mass is 14.1. The van der Waals surface area contributed by atoms with Gasteiger partial charge in [-0.25, -0.2) is 0 Å². The highest BCUT2D eigenvalue weighted by Gasteiger charge is 2.06. The molecule has 0 heteroatoms. The first-order chi connectivity index (χ1) is 25.8. The van der Waals surface area contributed by atoms with Gasteiger partial charge in [-0.2, -0.15) is 0 Å². The molecule has 1 atom stereocenters. The average Bonchev–Trinajstić information content (AvgIpc) is 3.16. The van der Waals surface area contributed by atoms with E-state index in [1.807, 2.05) is 0 Å². The van der Waals surface area contributed by atoms with Gasteiger partial charge < -0.3 is 0 Å². The predicted octanol–water partition coefficient (Wildman–Crippen LogP) is 20.2. The van der Waals surface area contributed by atoms with E-state index in [4.69, 9.17) is 0 Å². The third kappa shape index (κ3) is 46.2. The molecular weight excluding hydrogens is 625 g/mol. The van der Waals surface area contributed by atoms with E-state index in [1.165, 1.54) is 308 Å². The van der Waals surface area contributed by atoms with Gasteiger partial charge in [0.1, 0.15) is 0 Å². The van der Waals surface area contributed by atoms with Crippen molar-refractivity contribution < 1.29 is 0 Å². The monoisotopic (exact) mass is 730 g/mol. The molecule has 0 aromatic carbocycles. The molecule has 0 rings (SSSR count). The van der Waals surface area contributed by atoms with E-state index < -0.39 is 0 Å². The molecule has 0 saturated carbocycles. The van der Waals surface area contributed by atoms with E-state index in [2.05, 4.69) is 20.8 Å². The van der Waals surface area contributed by atoms with Crippen LogP contribution in [-0.2, 0) is 0 Å². The summed E-state index contributed by atoms with van der Waals surface area (Å²) in [4.78, 5) is 0. The van der Waals surface area contributed by atoms with Crippen molar-refractivity contribution in [3.8, 4) is 0 Å². The molecule has 0 aliphatic heterocycles. The molecule has 0 aromatic heterocycles. The van der Waals surface area contributed by atoms with Crippen molar-refractivity contribution >= 4 is 0 Å². The molecule has 0 heterocycles. The minimum Gasteiger partial charge on any atom is -0.0654 e. The van der Waals surface area contributed by atoms with Crippen molar-refractivity contribution in [2.75, 3.05) is 0 Å². The molecule has 0 fully saturated rings. The zero-order chi connectivity index (χ0) is 37.5. The molecule has 0 aliphatic rings. The van der Waals surface area contributed by atoms with E-state index in [0.717, 1.165) is 5.92 Å². The van der Waals surface area contributed by atoms with Crippen LogP contribution in [0.2, 0.25) is 0 Å². The summed E-state index contributed by atoms with van der Waals surface area (Å²) in [6, 6.07) is 0. The van der Waals surface area contributed by atoms with Gasteiger partial charge in [0.25, 0.3) is 0 Å². The second kappa shape index (κ2) is 49.0. The van der Waals surface area contributed by atoms with E-state index >= 15 is 0 Å². The maximum absolute atomic E-state index is 4.30. The Morgan fingerprint density at radius 2 is 0.346 bits per heavy atom. The Hall–Kier alpha value is 0. The van der Waals surface area contributed by atoms with Crippen molar-refractivity contribution in [2.24, 2.45) is 5.92 Å². The van der Waals surface area contributed by atoms with Crippen LogP contribution in [0.3, 0.4) is 0 Å². The van der Waals surface area contributed by atoms with E-state index in [-0.39, 0.29) is 0 Å². The molecule has 0 amide bonds. The maximum atomic E-state index is 4.30. The summed E-state index contributed by atoms with van der Waals surface area (Å²) in [5.41, 5.74) is 0. The molecule has 0 N–H and O–H groups in total. The summed E-state index contributed by atoms with van der Waals surface area (Å²) in [5.74, 6) is 0.903. The SMILES string of the molecule is [CH2]CC(CCCCCCCCCCCCCCCCCCCCCCCC)CCCCCCCCCCCCCCCCCCCCCCCCC. The van der Waals surface area contributed by atoms with Crippen molar-refractivity contribution in [1.82, 2.24) is 0 Å². The molecule has 0 saturated heterocycles. The summed E-state index contributed by atoms with van der Waals surface area (Å²) in [6.07, 6.45) is 70.5. The fourth-order valence-corrected chi connectivity index (χ4v) is 8.69. The van der Waals surface area contributed by atoms with Crippen LogP contribution in [0.1, 0.15) is 322 Å². The lowest BCUT2D eigenvalue weighted by Gasteiger charge is -2.14. The average molecular weight is 730 g/mol. The molecule has 0 aliphatic carbocycles. The highest BCUT2D eigenvalue weighted by molar-refractivity contribution is 4.62. The van der Waals surface area contributed by atoms with E-state index in [9.17, 15) is 0 Å². The van der Waals surface area contributed by atoms with Crippen molar-refractivity contribution in [1.29, 1.82) is 0 Å². The number of unbranched alkanes of at least 4 members (excludes halogenated alkanes) is 43. The van der Waals surface area contributed by atoms with E-state index in [1.54, 1.807) is 0 Å². The van der Waals surface area contributed by atoms with Crippen LogP contribution in [0.15, 0.2) is 0 Å². The highest BCUT2D eigenvalue weighted by Crippen LogP contribution is 2.22. The summed E-state index contributed by atoms with van der Waals surface area (Å²) in [5, 5.41) is 0. The Balaban J connectivity index is 3.23. The number of rotatable bonds is 48. The summed E-state index contributed by atoms with van der Waals surface area (Å²) in [7, 11) is 0. The van der Waals surface area contributed by atoms with Gasteiger partial charge in [-0.1, -0.05) is 329 Å². The first-order valence-corrected chi connectivity index (χ1v) is 25.6. The Kier molecular flexibility index (Phi) is 49.0. The molecule has 313 valence electrons. The first-order valence-electron chi connectivity index (χ1n) is 25.6. The number of hydrogen-bond donors (Lipinski definition) is 0. The van der Waals surface area contributed by atoms with Crippen LogP contribution < -0.4 is 0 Å². The topological polar surface area (TPSA) is 0 Å². The molecule has 0 bridgehead atoms. The van der Waals surface area contributed by atoms with Crippen LogP contribution >= 0.6 is 0 Å². The lowest BCUT2D eigenvalue weighted by molar-refractivity contribution is 0.404. The third-order valence-corrected chi connectivity index (χ3v) is 12.6. The Morgan fingerprint density at radius 3 is 0.481 bits per heavy atom. The van der Waals surface area contributed by atoms with Gasteiger partial charge >= 0.3 is 0 Å². The minimum absolute atomic E-state index is 0.903. The first kappa shape index (κ1) is 52.0. The summed E-state index contributed by atoms with van der Waals surface area (Å²) < 4.78 is 0. The zero-order valence-corrected chi connectivity index (χ0v) is 37.2. The minimum atomic E-state index is 0.903. The van der Waals surface area contributed by atoms with Crippen molar-refractivity contribution in [3.05, 3.63) is 6.92 Å². The van der Waals surface area contributed by atoms with Crippen LogP contribution in [0.4, 0.5) is 0 Å². The second-order valence-corrected chi connectivity index (χ2v) is 17.9. The zero-order valence-electron chi connectivity index (χ0n) is 37.2. The summed E-state index contributed by atoms with van der Waals surface area (Å²) >= 11 is 0. The second-order valence-electron chi connectivity index (χ2n) is 17.9. The number of hydrogen-bond acceptors (Lipinski definition) is 0. The Bertz CT molecular complexity index is 579. The van der Waals surface area contributed by atoms with Crippen LogP contribution in [-0.4, -0.2) is 0 Å². The van der Waals surface area contributed by atoms with Gasteiger partial charge in [0, 0.05) is 0 Å². The Morgan fingerprint density at radius 1 is 0.212 bits per heavy atom. The van der Waals surface area contributed by atoms with Crippen LogP contribution in [0.25, 0.3) is 0 Å². The molecule has 0 aromatic rings.